The summed E-state index contributed by atoms with van der Waals surface area (Å²) in [6.07, 6.45) is 1.40. The predicted octanol–water partition coefficient (Wildman–Crippen LogP) is 3.99. The number of carboxylic acid groups (broad SMARTS) is 1. The van der Waals surface area contributed by atoms with E-state index in [1.807, 2.05) is 20.8 Å². The molecule has 1 N–H and O–H groups in total. The van der Waals surface area contributed by atoms with Crippen molar-refractivity contribution in [3.05, 3.63) is 34.5 Å². The molecule has 0 aromatic carbocycles. The highest BCUT2D eigenvalue weighted by Gasteiger charge is 2.48. The standard InChI is InChI=1S/C17H20F2N2O4/c1-16(2,3)12-8-11(21-24-12)17(18,19)15-14(9-4-5-9)10(20-25-15)6-7-13(22)23/h8-9H,4-7H2,1-3H3,(H,22,23). The molecular formula is C17H20F2N2O4. The first-order valence-electron chi connectivity index (χ1n) is 8.17. The smallest absolute Gasteiger partial charge is 0.352 e. The van der Waals surface area contributed by atoms with Crippen molar-refractivity contribution in [3.8, 4) is 0 Å². The van der Waals surface area contributed by atoms with Gasteiger partial charge in [0.1, 0.15) is 5.76 Å². The van der Waals surface area contributed by atoms with Crippen LogP contribution in [0.3, 0.4) is 0 Å². The molecule has 1 fully saturated rings. The second-order valence-electron chi connectivity index (χ2n) is 7.44. The summed E-state index contributed by atoms with van der Waals surface area (Å²) in [7, 11) is 0. The van der Waals surface area contributed by atoms with E-state index < -0.39 is 28.8 Å². The van der Waals surface area contributed by atoms with E-state index >= 15 is 0 Å². The van der Waals surface area contributed by atoms with Crippen molar-refractivity contribution in [1.29, 1.82) is 0 Å². The lowest BCUT2D eigenvalue weighted by atomic mass is 9.92. The third-order valence-corrected chi connectivity index (χ3v) is 4.22. The maximum Gasteiger partial charge on any atom is 0.352 e. The van der Waals surface area contributed by atoms with E-state index in [-0.39, 0.29) is 18.8 Å². The molecule has 0 bridgehead atoms. The number of halogens is 2. The summed E-state index contributed by atoms with van der Waals surface area (Å²) in [5, 5.41) is 16.1. The number of carboxylic acids is 1. The minimum Gasteiger partial charge on any atom is -0.481 e. The molecule has 0 spiro atoms. The third kappa shape index (κ3) is 3.43. The SMILES string of the molecule is CC(C)(C)c1cc(C(F)(F)c2onc(CCC(=O)O)c2C2CC2)no1. The summed E-state index contributed by atoms with van der Waals surface area (Å²) in [4.78, 5) is 10.8. The first-order valence-corrected chi connectivity index (χ1v) is 8.17. The van der Waals surface area contributed by atoms with Crippen LogP contribution in [0.5, 0.6) is 0 Å². The highest BCUT2D eigenvalue weighted by atomic mass is 19.3. The van der Waals surface area contributed by atoms with Gasteiger partial charge >= 0.3 is 11.9 Å². The molecule has 25 heavy (non-hydrogen) atoms. The molecule has 1 aliphatic carbocycles. The lowest BCUT2D eigenvalue weighted by molar-refractivity contribution is -0.136. The van der Waals surface area contributed by atoms with Gasteiger partial charge in [-0.2, -0.15) is 8.78 Å². The van der Waals surface area contributed by atoms with Crippen LogP contribution in [-0.4, -0.2) is 21.4 Å². The average molecular weight is 354 g/mol. The molecule has 6 nitrogen and oxygen atoms in total. The Morgan fingerprint density at radius 3 is 2.48 bits per heavy atom. The van der Waals surface area contributed by atoms with Crippen LogP contribution in [0, 0.1) is 0 Å². The summed E-state index contributed by atoms with van der Waals surface area (Å²) in [5.74, 6) is -4.77. The van der Waals surface area contributed by atoms with Gasteiger partial charge in [-0.1, -0.05) is 31.1 Å². The number of aryl methyl sites for hydroxylation is 1. The molecule has 1 saturated carbocycles. The van der Waals surface area contributed by atoms with Gasteiger partial charge in [-0.15, -0.1) is 0 Å². The Kier molecular flexibility index (Phi) is 4.17. The van der Waals surface area contributed by atoms with E-state index in [1.54, 1.807) is 0 Å². The molecule has 2 heterocycles. The fourth-order valence-corrected chi connectivity index (χ4v) is 2.65. The molecular weight excluding hydrogens is 334 g/mol. The zero-order valence-electron chi connectivity index (χ0n) is 14.3. The van der Waals surface area contributed by atoms with E-state index in [0.717, 1.165) is 12.8 Å². The molecule has 1 aliphatic rings. The van der Waals surface area contributed by atoms with Gasteiger partial charge in [0.05, 0.1) is 12.1 Å². The Morgan fingerprint density at radius 1 is 1.28 bits per heavy atom. The molecule has 3 rings (SSSR count). The Hall–Kier alpha value is -2.25. The molecule has 8 heteroatoms. The molecule has 2 aromatic rings. The van der Waals surface area contributed by atoms with Gasteiger partial charge in [0.2, 0.25) is 5.76 Å². The van der Waals surface area contributed by atoms with Crippen molar-refractivity contribution in [2.45, 2.75) is 63.7 Å². The Balaban J connectivity index is 1.96. The highest BCUT2D eigenvalue weighted by molar-refractivity contribution is 5.67. The molecule has 0 saturated heterocycles. The van der Waals surface area contributed by atoms with Crippen LogP contribution >= 0.6 is 0 Å². The summed E-state index contributed by atoms with van der Waals surface area (Å²) in [6, 6.07) is 1.23. The van der Waals surface area contributed by atoms with Crippen molar-refractivity contribution >= 4 is 5.97 Å². The third-order valence-electron chi connectivity index (χ3n) is 4.22. The maximum absolute atomic E-state index is 15.0. The lowest BCUT2D eigenvalue weighted by Crippen LogP contribution is -2.17. The van der Waals surface area contributed by atoms with E-state index in [9.17, 15) is 13.6 Å². The highest BCUT2D eigenvalue weighted by Crippen LogP contribution is 2.49. The number of hydrogen-bond donors (Lipinski definition) is 1. The van der Waals surface area contributed by atoms with Crippen LogP contribution in [0.15, 0.2) is 15.1 Å². The van der Waals surface area contributed by atoms with Crippen LogP contribution in [0.2, 0.25) is 0 Å². The number of carbonyl (C=O) groups is 1. The minimum absolute atomic E-state index is 0.0623. The summed E-state index contributed by atoms with van der Waals surface area (Å²) in [5.41, 5.74) is -0.361. The van der Waals surface area contributed by atoms with Crippen LogP contribution in [0.1, 0.15) is 74.4 Å². The topological polar surface area (TPSA) is 89.4 Å². The molecule has 0 amide bonds. The quantitative estimate of drug-likeness (QED) is 0.843. The Labute approximate surface area is 143 Å². The van der Waals surface area contributed by atoms with Crippen molar-refractivity contribution < 1.29 is 27.7 Å². The van der Waals surface area contributed by atoms with Crippen molar-refractivity contribution in [3.63, 3.8) is 0 Å². The van der Waals surface area contributed by atoms with E-state index in [0.29, 0.717) is 17.0 Å². The van der Waals surface area contributed by atoms with Gasteiger partial charge in [-0.05, 0) is 18.8 Å². The van der Waals surface area contributed by atoms with E-state index in [2.05, 4.69) is 10.3 Å². The number of nitrogens with zero attached hydrogens (tertiary/aromatic N) is 2. The number of aliphatic carboxylic acids is 1. The summed E-state index contributed by atoms with van der Waals surface area (Å²) in [6.45, 7) is 5.51. The fourth-order valence-electron chi connectivity index (χ4n) is 2.65. The van der Waals surface area contributed by atoms with Gasteiger partial charge in [0.25, 0.3) is 0 Å². The number of alkyl halides is 2. The summed E-state index contributed by atoms with van der Waals surface area (Å²) < 4.78 is 40.0. The number of rotatable bonds is 6. The lowest BCUT2D eigenvalue weighted by Gasteiger charge is -2.13. The molecule has 0 aliphatic heterocycles. The largest absolute Gasteiger partial charge is 0.481 e. The second-order valence-corrected chi connectivity index (χ2v) is 7.44. The Bertz CT molecular complexity index is 785. The van der Waals surface area contributed by atoms with Crippen LogP contribution in [-0.2, 0) is 22.6 Å². The zero-order chi connectivity index (χ0) is 18.4. The van der Waals surface area contributed by atoms with Crippen molar-refractivity contribution in [1.82, 2.24) is 10.3 Å². The Morgan fingerprint density at radius 2 is 1.96 bits per heavy atom. The van der Waals surface area contributed by atoms with Crippen LogP contribution in [0.4, 0.5) is 8.78 Å². The first-order chi connectivity index (χ1) is 11.6. The van der Waals surface area contributed by atoms with Gasteiger partial charge in [-0.25, -0.2) is 0 Å². The molecule has 0 unspecified atom stereocenters. The predicted molar refractivity (Wildman–Crippen MR) is 82.6 cm³/mol. The molecule has 2 aromatic heterocycles. The first kappa shape index (κ1) is 17.6. The van der Waals surface area contributed by atoms with Crippen molar-refractivity contribution in [2.24, 2.45) is 0 Å². The zero-order valence-corrected chi connectivity index (χ0v) is 14.3. The van der Waals surface area contributed by atoms with Crippen LogP contribution in [0.25, 0.3) is 0 Å². The number of aromatic nitrogens is 2. The second kappa shape index (κ2) is 5.93. The fraction of sp³-hybridized carbons (Fsp3) is 0.588. The molecule has 136 valence electrons. The average Bonchev–Trinajstić information content (AvgIpc) is 3.04. The van der Waals surface area contributed by atoms with Crippen molar-refractivity contribution in [2.75, 3.05) is 0 Å². The van der Waals surface area contributed by atoms with Crippen LogP contribution < -0.4 is 0 Å². The van der Waals surface area contributed by atoms with Gasteiger partial charge in [-0.3, -0.25) is 4.79 Å². The maximum atomic E-state index is 15.0. The van der Waals surface area contributed by atoms with Gasteiger partial charge < -0.3 is 14.2 Å². The normalized spacial score (nSPS) is 15.6. The minimum atomic E-state index is -3.49. The van der Waals surface area contributed by atoms with E-state index in [4.69, 9.17) is 14.2 Å². The number of hydrogen-bond acceptors (Lipinski definition) is 5. The molecule has 0 atom stereocenters. The molecule has 0 radical (unpaired) electrons. The van der Waals surface area contributed by atoms with E-state index in [1.165, 1.54) is 6.07 Å². The van der Waals surface area contributed by atoms with Gasteiger partial charge in [0, 0.05) is 23.5 Å². The summed E-state index contributed by atoms with van der Waals surface area (Å²) >= 11 is 0. The van der Waals surface area contributed by atoms with Gasteiger partial charge in [0.15, 0.2) is 5.69 Å². The monoisotopic (exact) mass is 354 g/mol.